The minimum atomic E-state index is -0.562. The van der Waals surface area contributed by atoms with Gasteiger partial charge in [-0.15, -0.1) is 0 Å². The molecule has 3 nitrogen and oxygen atoms in total. The molecule has 0 aromatic heterocycles. The summed E-state index contributed by atoms with van der Waals surface area (Å²) in [6.07, 6.45) is 7.08. The topological polar surface area (TPSA) is 49.5 Å². The summed E-state index contributed by atoms with van der Waals surface area (Å²) in [5.41, 5.74) is 5.19. The summed E-state index contributed by atoms with van der Waals surface area (Å²) in [4.78, 5) is 2.64. The summed E-state index contributed by atoms with van der Waals surface area (Å²) in [6.45, 7) is 7.38. The maximum Gasteiger partial charge on any atom is 0.0797 e. The van der Waals surface area contributed by atoms with Gasteiger partial charge in [0, 0.05) is 19.1 Å². The first-order valence-corrected chi connectivity index (χ1v) is 7.71. The predicted molar refractivity (Wildman–Crippen MR) is 75.4 cm³/mol. The maximum atomic E-state index is 10.5. The molecule has 3 N–H and O–H groups in total. The Bertz CT molecular complexity index is 265. The molecule has 3 heteroatoms. The number of hydrogen-bond donors (Lipinski definition) is 2. The Morgan fingerprint density at radius 1 is 1.33 bits per heavy atom. The van der Waals surface area contributed by atoms with Gasteiger partial charge >= 0.3 is 0 Å². The molecule has 0 amide bonds. The minimum Gasteiger partial charge on any atom is -0.388 e. The third-order valence-electron chi connectivity index (χ3n) is 4.70. The van der Waals surface area contributed by atoms with Crippen LogP contribution in [0.5, 0.6) is 0 Å². The smallest absolute Gasteiger partial charge is 0.0797 e. The van der Waals surface area contributed by atoms with Crippen LogP contribution in [0.2, 0.25) is 0 Å². The zero-order valence-electron chi connectivity index (χ0n) is 12.1. The van der Waals surface area contributed by atoms with Gasteiger partial charge in [-0.1, -0.05) is 20.3 Å². The zero-order chi connectivity index (χ0) is 13.2. The maximum absolute atomic E-state index is 10.5. The van der Waals surface area contributed by atoms with Gasteiger partial charge in [-0.25, -0.2) is 0 Å². The van der Waals surface area contributed by atoms with Crippen molar-refractivity contribution < 1.29 is 5.11 Å². The van der Waals surface area contributed by atoms with Gasteiger partial charge in [-0.3, -0.25) is 0 Å². The molecule has 0 radical (unpaired) electrons. The van der Waals surface area contributed by atoms with Gasteiger partial charge in [0.1, 0.15) is 0 Å². The molecule has 2 atom stereocenters. The van der Waals surface area contributed by atoms with Crippen LogP contribution >= 0.6 is 0 Å². The molecular formula is C15H30N2O. The Hall–Kier alpha value is -0.120. The Morgan fingerprint density at radius 2 is 2.06 bits per heavy atom. The van der Waals surface area contributed by atoms with Crippen molar-refractivity contribution in [2.75, 3.05) is 19.6 Å². The molecule has 0 saturated heterocycles. The molecule has 0 aromatic carbocycles. The van der Waals surface area contributed by atoms with Gasteiger partial charge < -0.3 is 15.7 Å². The molecule has 0 aliphatic heterocycles. The molecule has 2 rings (SSSR count). The Labute approximate surface area is 112 Å². The molecule has 0 bridgehead atoms. The molecule has 0 aromatic rings. The molecule has 2 aliphatic rings. The molecule has 2 aliphatic carbocycles. The van der Waals surface area contributed by atoms with Crippen molar-refractivity contribution in [2.45, 2.75) is 64.0 Å². The lowest BCUT2D eigenvalue weighted by molar-refractivity contribution is 0.00388. The van der Waals surface area contributed by atoms with Crippen LogP contribution in [0.4, 0.5) is 0 Å². The van der Waals surface area contributed by atoms with Crippen molar-refractivity contribution in [3.63, 3.8) is 0 Å². The van der Waals surface area contributed by atoms with Crippen molar-refractivity contribution in [2.24, 2.45) is 17.6 Å². The third kappa shape index (κ3) is 3.46. The largest absolute Gasteiger partial charge is 0.388 e. The average Bonchev–Trinajstić information content (AvgIpc) is 3.09. The highest BCUT2D eigenvalue weighted by Gasteiger charge is 2.40. The lowest BCUT2D eigenvalue weighted by atomic mass is 9.88. The highest BCUT2D eigenvalue weighted by molar-refractivity contribution is 4.94. The molecule has 106 valence electrons. The van der Waals surface area contributed by atoms with Crippen molar-refractivity contribution in [3.8, 4) is 0 Å². The number of nitrogens with two attached hydrogens (primary N) is 1. The first-order valence-electron chi connectivity index (χ1n) is 7.71. The number of rotatable bonds is 7. The number of nitrogens with zero attached hydrogens (tertiary/aromatic N) is 1. The summed E-state index contributed by atoms with van der Waals surface area (Å²) < 4.78 is 0. The van der Waals surface area contributed by atoms with Crippen LogP contribution in [0.1, 0.15) is 52.4 Å². The molecule has 2 fully saturated rings. The predicted octanol–water partition coefficient (Wildman–Crippen LogP) is 1.99. The Balaban J connectivity index is 1.81. The second-order valence-corrected chi connectivity index (χ2v) is 6.81. The Kier molecular flexibility index (Phi) is 4.68. The van der Waals surface area contributed by atoms with E-state index in [-0.39, 0.29) is 0 Å². The first-order chi connectivity index (χ1) is 8.55. The number of hydrogen-bond acceptors (Lipinski definition) is 3. The highest BCUT2D eigenvalue weighted by Crippen LogP contribution is 2.38. The van der Waals surface area contributed by atoms with E-state index in [9.17, 15) is 5.11 Å². The van der Waals surface area contributed by atoms with Crippen molar-refractivity contribution in [3.05, 3.63) is 0 Å². The molecule has 2 unspecified atom stereocenters. The third-order valence-corrected chi connectivity index (χ3v) is 4.70. The fraction of sp³-hybridized carbons (Fsp3) is 1.00. The molecule has 0 heterocycles. The van der Waals surface area contributed by atoms with Crippen molar-refractivity contribution >= 4 is 0 Å². The van der Waals surface area contributed by atoms with Gasteiger partial charge in [-0.2, -0.15) is 0 Å². The van der Waals surface area contributed by atoms with Gasteiger partial charge in [0.15, 0.2) is 0 Å². The van der Waals surface area contributed by atoms with E-state index in [0.29, 0.717) is 12.5 Å². The quantitative estimate of drug-likeness (QED) is 0.730. The van der Waals surface area contributed by atoms with E-state index in [0.717, 1.165) is 44.2 Å². The van der Waals surface area contributed by atoms with Crippen LogP contribution in [-0.4, -0.2) is 41.3 Å². The zero-order valence-corrected chi connectivity index (χ0v) is 12.1. The summed E-state index contributed by atoms with van der Waals surface area (Å²) >= 11 is 0. The van der Waals surface area contributed by atoms with E-state index >= 15 is 0 Å². The summed E-state index contributed by atoms with van der Waals surface area (Å²) in [5, 5.41) is 10.5. The van der Waals surface area contributed by atoms with Crippen LogP contribution in [0.3, 0.4) is 0 Å². The molecule has 0 spiro atoms. The van der Waals surface area contributed by atoms with Crippen LogP contribution in [0, 0.1) is 11.8 Å². The van der Waals surface area contributed by atoms with Gasteiger partial charge in [0.2, 0.25) is 0 Å². The van der Waals surface area contributed by atoms with E-state index in [1.54, 1.807) is 0 Å². The normalized spacial score (nSPS) is 32.7. The Morgan fingerprint density at radius 3 is 2.61 bits per heavy atom. The van der Waals surface area contributed by atoms with E-state index in [1.807, 2.05) is 0 Å². The lowest BCUT2D eigenvalue weighted by Crippen LogP contribution is -2.43. The second kappa shape index (κ2) is 5.89. The highest BCUT2D eigenvalue weighted by atomic mass is 16.3. The van der Waals surface area contributed by atoms with E-state index in [4.69, 9.17) is 5.73 Å². The van der Waals surface area contributed by atoms with E-state index in [1.165, 1.54) is 19.4 Å². The standard InChI is InChI=1S/C15H30N2O/c1-12(2)10-17(14-5-6-14)9-7-13-4-3-8-15(13,18)11-16/h12-14,18H,3-11,16H2,1-2H3. The SMILES string of the molecule is CC(C)CN(CCC1CCCC1(O)CN)C1CC1. The van der Waals surface area contributed by atoms with Crippen LogP contribution < -0.4 is 5.73 Å². The molecule has 2 saturated carbocycles. The van der Waals surface area contributed by atoms with Crippen LogP contribution in [0.25, 0.3) is 0 Å². The fourth-order valence-electron chi connectivity index (χ4n) is 3.46. The fourth-order valence-corrected chi connectivity index (χ4v) is 3.46. The van der Waals surface area contributed by atoms with E-state index < -0.39 is 5.60 Å². The van der Waals surface area contributed by atoms with Crippen molar-refractivity contribution in [1.29, 1.82) is 0 Å². The summed E-state index contributed by atoms with van der Waals surface area (Å²) in [7, 11) is 0. The van der Waals surface area contributed by atoms with Crippen LogP contribution in [-0.2, 0) is 0 Å². The lowest BCUT2D eigenvalue weighted by Gasteiger charge is -2.31. The van der Waals surface area contributed by atoms with Crippen molar-refractivity contribution in [1.82, 2.24) is 4.90 Å². The second-order valence-electron chi connectivity index (χ2n) is 6.81. The summed E-state index contributed by atoms with van der Waals surface area (Å²) in [6, 6.07) is 0.833. The average molecular weight is 254 g/mol. The summed E-state index contributed by atoms with van der Waals surface area (Å²) in [5.74, 6) is 1.17. The van der Waals surface area contributed by atoms with Crippen LogP contribution in [0.15, 0.2) is 0 Å². The monoisotopic (exact) mass is 254 g/mol. The minimum absolute atomic E-state index is 0.427. The van der Waals surface area contributed by atoms with E-state index in [2.05, 4.69) is 18.7 Å². The molecular weight excluding hydrogens is 224 g/mol. The van der Waals surface area contributed by atoms with Gasteiger partial charge in [0.05, 0.1) is 5.60 Å². The van der Waals surface area contributed by atoms with Gasteiger partial charge in [0.25, 0.3) is 0 Å². The number of aliphatic hydroxyl groups is 1. The first kappa shape index (κ1) is 14.3. The van der Waals surface area contributed by atoms with Gasteiger partial charge in [-0.05, 0) is 50.5 Å². The molecule has 18 heavy (non-hydrogen) atoms.